The molecule has 0 unspecified atom stereocenters. The van der Waals surface area contributed by atoms with Crippen LogP contribution in [-0.2, 0) is 29.1 Å². The normalized spacial score (nSPS) is 10.6. The maximum absolute atomic E-state index is 10.4. The highest BCUT2D eigenvalue weighted by atomic mass is 16.6. The van der Waals surface area contributed by atoms with Crippen molar-refractivity contribution >= 4 is 5.91 Å². The number of hydrogen-bond acceptors (Lipinski definition) is 4. The maximum Gasteiger partial charge on any atom is 0.245 e. The van der Waals surface area contributed by atoms with E-state index in [9.17, 15) is 4.79 Å². The number of nitrogens with one attached hydrogen (secondary N) is 1. The number of nitrogens with two attached hydrogens (primary N) is 1. The van der Waals surface area contributed by atoms with Gasteiger partial charge in [0.2, 0.25) is 5.91 Å². The first kappa shape index (κ1) is 12.7. The van der Waals surface area contributed by atoms with Crippen LogP contribution in [-0.4, -0.2) is 22.3 Å². The molecule has 16 heavy (non-hydrogen) atoms. The summed E-state index contributed by atoms with van der Waals surface area (Å²) in [5.41, 5.74) is 9.70. The van der Waals surface area contributed by atoms with Crippen LogP contribution in [0.1, 0.15) is 25.2 Å². The Hall–Kier alpha value is -1.40. The van der Waals surface area contributed by atoms with Crippen molar-refractivity contribution in [2.45, 2.75) is 33.4 Å². The number of aromatic nitrogens is 2. The molecular formula is C10H18N4O2. The minimum Gasteiger partial charge on any atom is -0.368 e. The molecule has 1 amide bonds. The monoisotopic (exact) mass is 226 g/mol. The van der Waals surface area contributed by atoms with Crippen LogP contribution in [0.5, 0.6) is 0 Å². The third-order valence-corrected chi connectivity index (χ3v) is 2.15. The van der Waals surface area contributed by atoms with Gasteiger partial charge in [0, 0.05) is 6.54 Å². The predicted octanol–water partition coefficient (Wildman–Crippen LogP) is -0.0281. The molecule has 1 heterocycles. The summed E-state index contributed by atoms with van der Waals surface area (Å²) in [6.07, 6.45) is 0.905. The first-order valence-electron chi connectivity index (χ1n) is 5.35. The molecule has 90 valence electrons. The smallest absolute Gasteiger partial charge is 0.245 e. The summed E-state index contributed by atoms with van der Waals surface area (Å²) in [5.74, 6) is -0.495. The zero-order chi connectivity index (χ0) is 12.0. The number of rotatable bonds is 7. The fourth-order valence-electron chi connectivity index (χ4n) is 1.35. The van der Waals surface area contributed by atoms with Crippen LogP contribution in [0.3, 0.4) is 0 Å². The zero-order valence-electron chi connectivity index (χ0n) is 9.69. The van der Waals surface area contributed by atoms with Crippen LogP contribution in [0.4, 0.5) is 0 Å². The van der Waals surface area contributed by atoms with Gasteiger partial charge in [0.05, 0.1) is 17.9 Å². The number of primary amides is 1. The van der Waals surface area contributed by atoms with Gasteiger partial charge in [-0.2, -0.15) is 10.6 Å². The van der Waals surface area contributed by atoms with E-state index in [1.54, 1.807) is 0 Å². The number of nitrogens with zero attached hydrogens (tertiary/aromatic N) is 2. The van der Waals surface area contributed by atoms with Gasteiger partial charge in [0.15, 0.2) is 0 Å². The van der Waals surface area contributed by atoms with Crippen LogP contribution in [0.25, 0.3) is 0 Å². The second kappa shape index (κ2) is 6.24. The van der Waals surface area contributed by atoms with Crippen LogP contribution in [0.15, 0.2) is 6.07 Å². The van der Waals surface area contributed by atoms with Gasteiger partial charge >= 0.3 is 0 Å². The maximum atomic E-state index is 10.4. The van der Waals surface area contributed by atoms with Gasteiger partial charge in [-0.05, 0) is 19.4 Å². The molecule has 3 N–H and O–H groups in total. The van der Waals surface area contributed by atoms with Crippen molar-refractivity contribution in [3.63, 3.8) is 0 Å². The van der Waals surface area contributed by atoms with Crippen molar-refractivity contribution in [2.24, 2.45) is 5.73 Å². The van der Waals surface area contributed by atoms with Gasteiger partial charge in [-0.15, -0.1) is 0 Å². The molecule has 0 saturated heterocycles. The largest absolute Gasteiger partial charge is 0.368 e. The number of carbonyl (C=O) groups excluding carboxylic acids is 1. The molecule has 0 spiro atoms. The number of hydroxylamine groups is 1. The molecule has 0 atom stereocenters. The fraction of sp³-hybridized carbons (Fsp3) is 0.600. The summed E-state index contributed by atoms with van der Waals surface area (Å²) >= 11 is 0. The Labute approximate surface area is 94.7 Å². The van der Waals surface area contributed by atoms with E-state index in [2.05, 4.69) is 17.5 Å². The van der Waals surface area contributed by atoms with E-state index in [-0.39, 0.29) is 6.61 Å². The first-order chi connectivity index (χ1) is 7.67. The minimum absolute atomic E-state index is 0.124. The number of amides is 1. The third-order valence-electron chi connectivity index (χ3n) is 2.15. The van der Waals surface area contributed by atoms with Crippen LogP contribution < -0.4 is 11.2 Å². The lowest BCUT2D eigenvalue weighted by molar-refractivity contribution is -0.125. The highest BCUT2D eigenvalue weighted by Crippen LogP contribution is 2.05. The van der Waals surface area contributed by atoms with Crippen molar-refractivity contribution < 1.29 is 9.63 Å². The lowest BCUT2D eigenvalue weighted by atomic mass is 10.3. The molecule has 0 radical (unpaired) electrons. The Balaban J connectivity index is 2.45. The molecule has 6 heteroatoms. The summed E-state index contributed by atoms with van der Waals surface area (Å²) in [6.45, 7) is 5.28. The molecule has 1 aromatic rings. The standard InChI is InChI=1S/C10H18N4O2/c1-3-8-5-9(14(4-2)13-8)6-12-16-7-10(11)15/h5,12H,3-4,6-7H2,1-2H3,(H2,11,15). The lowest BCUT2D eigenvalue weighted by Gasteiger charge is -2.05. The Morgan fingerprint density at radius 3 is 2.94 bits per heavy atom. The highest BCUT2D eigenvalue weighted by molar-refractivity contribution is 5.74. The minimum atomic E-state index is -0.495. The van der Waals surface area contributed by atoms with Crippen molar-refractivity contribution in [1.29, 1.82) is 0 Å². The molecule has 1 rings (SSSR count). The summed E-state index contributed by atoms with van der Waals surface area (Å²) in [5, 5.41) is 4.39. The third kappa shape index (κ3) is 3.63. The second-order valence-corrected chi connectivity index (χ2v) is 3.37. The van der Waals surface area contributed by atoms with Gasteiger partial charge in [-0.3, -0.25) is 14.3 Å². The molecular weight excluding hydrogens is 208 g/mol. The van der Waals surface area contributed by atoms with E-state index in [1.165, 1.54) is 0 Å². The van der Waals surface area contributed by atoms with E-state index in [0.29, 0.717) is 6.54 Å². The van der Waals surface area contributed by atoms with Crippen molar-refractivity contribution in [3.05, 3.63) is 17.5 Å². The molecule has 0 aliphatic rings. The molecule has 0 fully saturated rings. The summed E-state index contributed by atoms with van der Waals surface area (Å²) in [7, 11) is 0. The molecule has 0 bridgehead atoms. The Bertz CT molecular complexity index is 349. The van der Waals surface area contributed by atoms with E-state index < -0.39 is 5.91 Å². The number of aryl methyl sites for hydroxylation is 2. The second-order valence-electron chi connectivity index (χ2n) is 3.37. The molecule has 0 saturated carbocycles. The molecule has 6 nitrogen and oxygen atoms in total. The zero-order valence-corrected chi connectivity index (χ0v) is 9.69. The Morgan fingerprint density at radius 1 is 1.62 bits per heavy atom. The van der Waals surface area contributed by atoms with Gasteiger partial charge < -0.3 is 5.73 Å². The average Bonchev–Trinajstić information content (AvgIpc) is 2.66. The van der Waals surface area contributed by atoms with E-state index in [1.807, 2.05) is 17.7 Å². The van der Waals surface area contributed by atoms with Crippen molar-refractivity contribution in [2.75, 3.05) is 6.61 Å². The van der Waals surface area contributed by atoms with Gasteiger partial charge in [0.25, 0.3) is 0 Å². The summed E-state index contributed by atoms with van der Waals surface area (Å²) in [6, 6.07) is 2.02. The summed E-state index contributed by atoms with van der Waals surface area (Å²) in [4.78, 5) is 15.3. The van der Waals surface area contributed by atoms with Gasteiger partial charge in [0.1, 0.15) is 6.61 Å². The number of hydrogen-bond donors (Lipinski definition) is 2. The van der Waals surface area contributed by atoms with E-state index in [4.69, 9.17) is 10.6 Å². The van der Waals surface area contributed by atoms with Gasteiger partial charge in [-0.25, -0.2) is 0 Å². The van der Waals surface area contributed by atoms with E-state index in [0.717, 1.165) is 24.4 Å². The van der Waals surface area contributed by atoms with Crippen LogP contribution in [0, 0.1) is 0 Å². The summed E-state index contributed by atoms with van der Waals surface area (Å²) < 4.78 is 1.90. The van der Waals surface area contributed by atoms with Crippen molar-refractivity contribution in [3.8, 4) is 0 Å². The number of carbonyl (C=O) groups is 1. The van der Waals surface area contributed by atoms with E-state index >= 15 is 0 Å². The molecule has 0 aliphatic heterocycles. The predicted molar refractivity (Wildman–Crippen MR) is 59.3 cm³/mol. The van der Waals surface area contributed by atoms with Gasteiger partial charge in [-0.1, -0.05) is 6.92 Å². The fourth-order valence-corrected chi connectivity index (χ4v) is 1.35. The Kier molecular flexibility index (Phi) is 4.94. The highest BCUT2D eigenvalue weighted by Gasteiger charge is 2.05. The SMILES string of the molecule is CCc1cc(CNOCC(N)=O)n(CC)n1. The topological polar surface area (TPSA) is 82.2 Å². The molecule has 1 aromatic heterocycles. The van der Waals surface area contributed by atoms with Crippen molar-refractivity contribution in [1.82, 2.24) is 15.3 Å². The van der Waals surface area contributed by atoms with Crippen LogP contribution in [0.2, 0.25) is 0 Å². The molecule has 0 aromatic carbocycles. The Morgan fingerprint density at radius 2 is 2.38 bits per heavy atom. The first-order valence-corrected chi connectivity index (χ1v) is 5.35. The quantitative estimate of drug-likeness (QED) is 0.505. The lowest BCUT2D eigenvalue weighted by Crippen LogP contribution is -2.25. The molecule has 0 aliphatic carbocycles. The van der Waals surface area contributed by atoms with Crippen LogP contribution >= 0.6 is 0 Å². The average molecular weight is 226 g/mol.